The van der Waals surface area contributed by atoms with Crippen LogP contribution in [0.25, 0.3) is 75.8 Å². The molecule has 2 nitrogen and oxygen atoms in total. The molecule has 0 fully saturated rings. The van der Waals surface area contributed by atoms with E-state index in [-0.39, 0.29) is 5.92 Å². The molecule has 0 radical (unpaired) electrons. The molecule has 0 spiro atoms. The van der Waals surface area contributed by atoms with Gasteiger partial charge < -0.3 is 9.32 Å². The van der Waals surface area contributed by atoms with Crippen molar-refractivity contribution in [2.75, 3.05) is 4.90 Å². The van der Waals surface area contributed by atoms with Gasteiger partial charge in [0.2, 0.25) is 0 Å². The standard InChI is InChI=1S/C57H37NO/c1-3-19-37(20-4-1)53(50-35-38-21-7-9-25-41(38)43-27-11-12-29-45(43)50)54-47-31-15-16-32-48(47)56(55-49-33-17-18-34-52(49)59-57(54)55)58(40-23-5-2-6-24-40)51-36-39-22-8-10-26-42(39)44-28-13-14-30-46(44)51/h1-36,53H. The Morgan fingerprint density at radius 2 is 0.864 bits per heavy atom. The van der Waals surface area contributed by atoms with Crippen molar-refractivity contribution in [1.29, 1.82) is 0 Å². The predicted octanol–water partition coefficient (Wildman–Crippen LogP) is 16.0. The first-order chi connectivity index (χ1) is 29.3. The summed E-state index contributed by atoms with van der Waals surface area (Å²) in [6.45, 7) is 0. The molecule has 276 valence electrons. The molecule has 0 aliphatic heterocycles. The van der Waals surface area contributed by atoms with E-state index in [4.69, 9.17) is 4.42 Å². The third-order valence-electron chi connectivity index (χ3n) is 12.3. The van der Waals surface area contributed by atoms with Crippen molar-refractivity contribution in [1.82, 2.24) is 0 Å². The smallest absolute Gasteiger partial charge is 0.142 e. The van der Waals surface area contributed by atoms with Gasteiger partial charge in [0.05, 0.1) is 16.8 Å². The van der Waals surface area contributed by atoms with E-state index < -0.39 is 0 Å². The number of hydrogen-bond acceptors (Lipinski definition) is 2. The normalized spacial score (nSPS) is 12.3. The number of fused-ring (bicyclic) bond motifs is 10. The molecule has 12 aromatic rings. The molecular formula is C57H37NO. The van der Waals surface area contributed by atoms with Crippen LogP contribution in [-0.4, -0.2) is 0 Å². The van der Waals surface area contributed by atoms with Crippen molar-refractivity contribution in [2.24, 2.45) is 0 Å². The zero-order valence-electron chi connectivity index (χ0n) is 32.2. The van der Waals surface area contributed by atoms with Gasteiger partial charge in [0, 0.05) is 33.3 Å². The van der Waals surface area contributed by atoms with Crippen LogP contribution in [0.5, 0.6) is 0 Å². The Bertz CT molecular complexity index is 3570. The zero-order chi connectivity index (χ0) is 38.9. The molecule has 1 aromatic heterocycles. The molecule has 1 atom stereocenters. The Kier molecular flexibility index (Phi) is 7.64. The summed E-state index contributed by atoms with van der Waals surface area (Å²) in [5.41, 5.74) is 8.71. The van der Waals surface area contributed by atoms with E-state index in [9.17, 15) is 0 Å². The molecular weight excluding hydrogens is 715 g/mol. The molecule has 0 aliphatic rings. The van der Waals surface area contributed by atoms with Crippen LogP contribution in [0.15, 0.2) is 223 Å². The van der Waals surface area contributed by atoms with E-state index in [1.54, 1.807) is 0 Å². The maximum Gasteiger partial charge on any atom is 0.142 e. The molecule has 0 N–H and O–H groups in total. The van der Waals surface area contributed by atoms with Crippen LogP contribution in [0.1, 0.15) is 22.6 Å². The number of para-hydroxylation sites is 2. The summed E-state index contributed by atoms with van der Waals surface area (Å²) in [5.74, 6) is -0.153. The molecule has 12 rings (SSSR count). The number of anilines is 3. The number of rotatable bonds is 6. The third-order valence-corrected chi connectivity index (χ3v) is 12.3. The van der Waals surface area contributed by atoms with Crippen LogP contribution in [-0.2, 0) is 0 Å². The lowest BCUT2D eigenvalue weighted by molar-refractivity contribution is 0.662. The lowest BCUT2D eigenvalue weighted by Crippen LogP contribution is -2.13. The first-order valence-corrected chi connectivity index (χ1v) is 20.4. The highest BCUT2D eigenvalue weighted by molar-refractivity contribution is 6.26. The third kappa shape index (κ3) is 5.20. The maximum atomic E-state index is 7.31. The van der Waals surface area contributed by atoms with Gasteiger partial charge >= 0.3 is 0 Å². The van der Waals surface area contributed by atoms with E-state index in [2.05, 4.69) is 223 Å². The topological polar surface area (TPSA) is 16.4 Å². The molecule has 0 saturated heterocycles. The molecule has 1 heterocycles. The molecule has 0 aliphatic carbocycles. The molecule has 59 heavy (non-hydrogen) atoms. The van der Waals surface area contributed by atoms with Gasteiger partial charge in [-0.1, -0.05) is 188 Å². The monoisotopic (exact) mass is 751 g/mol. The Hall–Kier alpha value is -7.68. The molecule has 1 unspecified atom stereocenters. The van der Waals surface area contributed by atoms with Crippen molar-refractivity contribution in [3.8, 4) is 0 Å². The van der Waals surface area contributed by atoms with Gasteiger partial charge in [-0.15, -0.1) is 0 Å². The van der Waals surface area contributed by atoms with Crippen molar-refractivity contribution < 1.29 is 4.42 Å². The van der Waals surface area contributed by atoms with Crippen molar-refractivity contribution >= 4 is 92.9 Å². The second-order valence-electron chi connectivity index (χ2n) is 15.5. The van der Waals surface area contributed by atoms with Gasteiger partial charge in [-0.3, -0.25) is 0 Å². The summed E-state index contributed by atoms with van der Waals surface area (Å²) in [6, 6.07) is 79.5. The van der Waals surface area contributed by atoms with Crippen molar-refractivity contribution in [3.05, 3.63) is 235 Å². The van der Waals surface area contributed by atoms with E-state index in [1.807, 2.05) is 0 Å². The predicted molar refractivity (Wildman–Crippen MR) is 250 cm³/mol. The van der Waals surface area contributed by atoms with Crippen LogP contribution in [0.3, 0.4) is 0 Å². The molecule has 11 aromatic carbocycles. The molecule has 2 heteroatoms. The van der Waals surface area contributed by atoms with Gasteiger partial charge in [0.1, 0.15) is 11.2 Å². The lowest BCUT2D eigenvalue weighted by atomic mass is 9.78. The van der Waals surface area contributed by atoms with Crippen LogP contribution < -0.4 is 4.90 Å². The highest BCUT2D eigenvalue weighted by Gasteiger charge is 2.32. The van der Waals surface area contributed by atoms with Crippen molar-refractivity contribution in [3.63, 3.8) is 0 Å². The van der Waals surface area contributed by atoms with Crippen LogP contribution >= 0.6 is 0 Å². The van der Waals surface area contributed by atoms with Gasteiger partial charge in [-0.25, -0.2) is 0 Å². The quantitative estimate of drug-likeness (QED) is 0.124. The average Bonchev–Trinajstić information content (AvgIpc) is 3.70. The largest absolute Gasteiger partial charge is 0.456 e. The Labute approximate surface area is 341 Å². The summed E-state index contributed by atoms with van der Waals surface area (Å²) in [5, 5.41) is 14.3. The van der Waals surface area contributed by atoms with E-state index in [0.29, 0.717) is 0 Å². The first-order valence-electron chi connectivity index (χ1n) is 20.4. The van der Waals surface area contributed by atoms with Crippen LogP contribution in [0.4, 0.5) is 17.1 Å². The van der Waals surface area contributed by atoms with E-state index in [0.717, 1.165) is 49.8 Å². The Morgan fingerprint density at radius 3 is 1.56 bits per heavy atom. The highest BCUT2D eigenvalue weighted by Crippen LogP contribution is 2.54. The van der Waals surface area contributed by atoms with E-state index in [1.165, 1.54) is 59.8 Å². The summed E-state index contributed by atoms with van der Waals surface area (Å²) in [7, 11) is 0. The number of furan rings is 1. The number of benzene rings is 11. The van der Waals surface area contributed by atoms with Crippen molar-refractivity contribution in [2.45, 2.75) is 5.92 Å². The number of nitrogens with zero attached hydrogens (tertiary/aromatic N) is 1. The van der Waals surface area contributed by atoms with Gasteiger partial charge in [-0.05, 0) is 84.5 Å². The fraction of sp³-hybridized carbons (Fsp3) is 0.0175. The molecule has 0 saturated carbocycles. The maximum absolute atomic E-state index is 7.31. The average molecular weight is 752 g/mol. The fourth-order valence-electron chi connectivity index (χ4n) is 9.82. The summed E-state index contributed by atoms with van der Waals surface area (Å²) in [6.07, 6.45) is 0. The minimum Gasteiger partial charge on any atom is -0.456 e. The van der Waals surface area contributed by atoms with Gasteiger partial charge in [-0.2, -0.15) is 0 Å². The number of hydrogen-bond donors (Lipinski definition) is 0. The summed E-state index contributed by atoms with van der Waals surface area (Å²) in [4.78, 5) is 2.49. The Balaban J connectivity index is 1.28. The highest BCUT2D eigenvalue weighted by atomic mass is 16.3. The summed E-state index contributed by atoms with van der Waals surface area (Å²) >= 11 is 0. The van der Waals surface area contributed by atoms with Gasteiger partial charge in [0.25, 0.3) is 0 Å². The fourth-order valence-corrected chi connectivity index (χ4v) is 9.82. The van der Waals surface area contributed by atoms with Crippen LogP contribution in [0, 0.1) is 0 Å². The van der Waals surface area contributed by atoms with Crippen LogP contribution in [0.2, 0.25) is 0 Å². The Morgan fingerprint density at radius 1 is 0.373 bits per heavy atom. The first kappa shape index (κ1) is 33.5. The zero-order valence-corrected chi connectivity index (χ0v) is 32.2. The molecule has 0 amide bonds. The SMILES string of the molecule is c1ccc(C(c2cc3ccccc3c3ccccc23)c2c3ccccc3c(N(c3ccccc3)c3cc4ccccc4c4ccccc34)c3c2oc2ccccc23)cc1. The second kappa shape index (κ2) is 13.5. The second-order valence-corrected chi connectivity index (χ2v) is 15.5. The minimum atomic E-state index is -0.153. The van der Waals surface area contributed by atoms with Gasteiger partial charge in [0.15, 0.2) is 0 Å². The minimum absolute atomic E-state index is 0.153. The summed E-state index contributed by atoms with van der Waals surface area (Å²) < 4.78 is 7.31. The lowest BCUT2D eigenvalue weighted by Gasteiger charge is -2.31. The van der Waals surface area contributed by atoms with E-state index >= 15 is 0 Å². The molecule has 0 bridgehead atoms.